The van der Waals surface area contributed by atoms with Crippen molar-refractivity contribution in [3.8, 4) is 5.75 Å². The van der Waals surface area contributed by atoms with Gasteiger partial charge in [-0.15, -0.1) is 12.4 Å². The third kappa shape index (κ3) is 5.70. The Morgan fingerprint density at radius 2 is 2.13 bits per heavy atom. The van der Waals surface area contributed by atoms with Crippen LogP contribution in [0.25, 0.3) is 0 Å². The van der Waals surface area contributed by atoms with E-state index in [4.69, 9.17) is 4.74 Å². The Kier molecular flexibility index (Phi) is 7.86. The van der Waals surface area contributed by atoms with Crippen molar-refractivity contribution in [1.29, 1.82) is 0 Å². The standard InChI is InChI=1S/C18H28N2O2.ClH/c1-12(2)15-8-7-13(3)17(10-15)22-14(4)18(21)20-11-16-6-5-9-19-16;/h7-8,10,12,14,16,19H,5-6,9,11H2,1-4H3,(H,20,21);1H. The summed E-state index contributed by atoms with van der Waals surface area (Å²) in [6, 6.07) is 6.62. The number of hydrogen-bond acceptors (Lipinski definition) is 3. The van der Waals surface area contributed by atoms with E-state index >= 15 is 0 Å². The fraction of sp³-hybridized carbons (Fsp3) is 0.611. The van der Waals surface area contributed by atoms with Gasteiger partial charge in [-0.2, -0.15) is 0 Å². The first kappa shape index (κ1) is 19.8. The minimum absolute atomic E-state index is 0. The minimum atomic E-state index is -0.484. The summed E-state index contributed by atoms with van der Waals surface area (Å²) in [6.45, 7) is 9.84. The van der Waals surface area contributed by atoms with Crippen LogP contribution in [0.15, 0.2) is 18.2 Å². The lowest BCUT2D eigenvalue weighted by Gasteiger charge is -2.19. The number of carbonyl (C=O) groups is 1. The topological polar surface area (TPSA) is 50.4 Å². The van der Waals surface area contributed by atoms with Crippen LogP contribution in [0.5, 0.6) is 5.75 Å². The van der Waals surface area contributed by atoms with Crippen molar-refractivity contribution in [2.75, 3.05) is 13.1 Å². The number of amides is 1. The van der Waals surface area contributed by atoms with E-state index in [9.17, 15) is 4.79 Å². The molecule has 1 aliphatic rings. The minimum Gasteiger partial charge on any atom is -0.481 e. The number of benzene rings is 1. The Bertz CT molecular complexity index is 514. The van der Waals surface area contributed by atoms with E-state index in [1.165, 1.54) is 12.0 Å². The van der Waals surface area contributed by atoms with Gasteiger partial charge in [-0.1, -0.05) is 26.0 Å². The molecular formula is C18H29ClN2O2. The number of rotatable bonds is 6. The highest BCUT2D eigenvalue weighted by molar-refractivity contribution is 5.85. The highest BCUT2D eigenvalue weighted by Crippen LogP contribution is 2.25. The Labute approximate surface area is 145 Å². The molecule has 2 rings (SSSR count). The second kappa shape index (κ2) is 9.14. The van der Waals surface area contributed by atoms with Crippen molar-refractivity contribution >= 4 is 18.3 Å². The smallest absolute Gasteiger partial charge is 0.260 e. The molecule has 1 heterocycles. The van der Waals surface area contributed by atoms with E-state index in [1.54, 1.807) is 6.92 Å². The van der Waals surface area contributed by atoms with Crippen LogP contribution in [-0.4, -0.2) is 31.1 Å². The number of carbonyl (C=O) groups excluding carboxylic acids is 1. The van der Waals surface area contributed by atoms with Gasteiger partial charge in [0.15, 0.2) is 6.10 Å². The lowest BCUT2D eigenvalue weighted by atomic mass is 10.0. The van der Waals surface area contributed by atoms with Gasteiger partial charge in [0, 0.05) is 12.6 Å². The molecule has 1 aromatic carbocycles. The summed E-state index contributed by atoms with van der Waals surface area (Å²) in [5.74, 6) is 1.19. The molecule has 5 heteroatoms. The third-order valence-corrected chi connectivity index (χ3v) is 4.24. The van der Waals surface area contributed by atoms with Gasteiger partial charge in [-0.25, -0.2) is 0 Å². The molecule has 2 atom stereocenters. The number of ether oxygens (including phenoxy) is 1. The predicted octanol–water partition coefficient (Wildman–Crippen LogP) is 3.18. The summed E-state index contributed by atoms with van der Waals surface area (Å²) in [6.07, 6.45) is 1.83. The molecule has 2 N–H and O–H groups in total. The zero-order valence-electron chi connectivity index (χ0n) is 14.5. The van der Waals surface area contributed by atoms with E-state index in [1.807, 2.05) is 13.0 Å². The van der Waals surface area contributed by atoms with Gasteiger partial charge in [0.05, 0.1) is 0 Å². The Morgan fingerprint density at radius 3 is 2.74 bits per heavy atom. The quantitative estimate of drug-likeness (QED) is 0.836. The van der Waals surface area contributed by atoms with Gasteiger partial charge in [0.2, 0.25) is 0 Å². The molecule has 2 unspecified atom stereocenters. The average Bonchev–Trinajstić information content (AvgIpc) is 3.00. The lowest BCUT2D eigenvalue weighted by molar-refractivity contribution is -0.127. The molecule has 1 amide bonds. The van der Waals surface area contributed by atoms with E-state index in [2.05, 4.69) is 36.6 Å². The molecule has 1 fully saturated rings. The zero-order valence-corrected chi connectivity index (χ0v) is 15.3. The summed E-state index contributed by atoms with van der Waals surface area (Å²) < 4.78 is 5.88. The fourth-order valence-electron chi connectivity index (χ4n) is 2.65. The second-order valence-corrected chi connectivity index (χ2v) is 6.48. The molecule has 4 nitrogen and oxygen atoms in total. The molecule has 0 spiro atoms. The molecule has 0 aromatic heterocycles. The van der Waals surface area contributed by atoms with Crippen LogP contribution >= 0.6 is 12.4 Å². The van der Waals surface area contributed by atoms with Crippen LogP contribution in [0.1, 0.15) is 50.7 Å². The fourth-order valence-corrected chi connectivity index (χ4v) is 2.65. The van der Waals surface area contributed by atoms with Gasteiger partial charge >= 0.3 is 0 Å². The summed E-state index contributed by atoms with van der Waals surface area (Å²) in [4.78, 5) is 12.2. The summed E-state index contributed by atoms with van der Waals surface area (Å²) >= 11 is 0. The molecule has 1 saturated heterocycles. The molecule has 1 aromatic rings. The first-order valence-corrected chi connectivity index (χ1v) is 8.25. The average molecular weight is 341 g/mol. The van der Waals surface area contributed by atoms with Crippen LogP contribution in [0, 0.1) is 6.92 Å². The number of hydrogen-bond donors (Lipinski definition) is 2. The highest BCUT2D eigenvalue weighted by atomic mass is 35.5. The predicted molar refractivity (Wildman–Crippen MR) is 96.6 cm³/mol. The van der Waals surface area contributed by atoms with Gasteiger partial charge in [0.25, 0.3) is 5.91 Å². The largest absolute Gasteiger partial charge is 0.481 e. The van der Waals surface area contributed by atoms with Crippen molar-refractivity contribution in [3.05, 3.63) is 29.3 Å². The monoisotopic (exact) mass is 340 g/mol. The van der Waals surface area contributed by atoms with Crippen molar-refractivity contribution in [3.63, 3.8) is 0 Å². The molecule has 130 valence electrons. The van der Waals surface area contributed by atoms with Crippen LogP contribution in [-0.2, 0) is 4.79 Å². The maximum atomic E-state index is 12.2. The molecule has 0 bridgehead atoms. The summed E-state index contributed by atoms with van der Waals surface area (Å²) in [7, 11) is 0. The highest BCUT2D eigenvalue weighted by Gasteiger charge is 2.19. The Morgan fingerprint density at radius 1 is 1.39 bits per heavy atom. The van der Waals surface area contributed by atoms with Gasteiger partial charge < -0.3 is 15.4 Å². The number of aryl methyl sites for hydroxylation is 1. The lowest BCUT2D eigenvalue weighted by Crippen LogP contribution is -2.42. The maximum Gasteiger partial charge on any atom is 0.260 e. The number of halogens is 1. The van der Waals surface area contributed by atoms with Crippen molar-refractivity contribution in [2.45, 2.75) is 58.6 Å². The zero-order chi connectivity index (χ0) is 16.1. The molecule has 0 saturated carbocycles. The van der Waals surface area contributed by atoms with Crippen molar-refractivity contribution in [2.24, 2.45) is 0 Å². The van der Waals surface area contributed by atoms with Crippen molar-refractivity contribution < 1.29 is 9.53 Å². The molecule has 0 aliphatic carbocycles. The first-order chi connectivity index (χ1) is 10.5. The van der Waals surface area contributed by atoms with Crippen LogP contribution in [0.2, 0.25) is 0 Å². The third-order valence-electron chi connectivity index (χ3n) is 4.24. The second-order valence-electron chi connectivity index (χ2n) is 6.48. The summed E-state index contributed by atoms with van der Waals surface area (Å²) in [5.41, 5.74) is 2.28. The van der Waals surface area contributed by atoms with Crippen molar-refractivity contribution in [1.82, 2.24) is 10.6 Å². The molecule has 23 heavy (non-hydrogen) atoms. The molecule has 0 radical (unpaired) electrons. The van der Waals surface area contributed by atoms with E-state index in [0.717, 1.165) is 24.3 Å². The van der Waals surface area contributed by atoms with Crippen LogP contribution in [0.4, 0.5) is 0 Å². The number of nitrogens with one attached hydrogen (secondary N) is 2. The Hall–Kier alpha value is -1.26. The van der Waals surface area contributed by atoms with Gasteiger partial charge in [-0.3, -0.25) is 4.79 Å². The van der Waals surface area contributed by atoms with Crippen LogP contribution in [0.3, 0.4) is 0 Å². The SMILES string of the molecule is Cc1ccc(C(C)C)cc1OC(C)C(=O)NCC1CCCN1.Cl. The van der Waals surface area contributed by atoms with Crippen LogP contribution < -0.4 is 15.4 Å². The van der Waals surface area contributed by atoms with E-state index in [0.29, 0.717) is 18.5 Å². The van der Waals surface area contributed by atoms with Gasteiger partial charge in [-0.05, 0) is 56.3 Å². The summed E-state index contributed by atoms with van der Waals surface area (Å²) in [5, 5.41) is 6.35. The Balaban J connectivity index is 0.00000264. The van der Waals surface area contributed by atoms with Gasteiger partial charge in [0.1, 0.15) is 5.75 Å². The van der Waals surface area contributed by atoms with E-state index in [-0.39, 0.29) is 18.3 Å². The van der Waals surface area contributed by atoms with E-state index < -0.39 is 6.10 Å². The molecular weight excluding hydrogens is 312 g/mol. The first-order valence-electron chi connectivity index (χ1n) is 8.25. The normalized spacial score (nSPS) is 18.4. The maximum absolute atomic E-state index is 12.2. The molecule has 1 aliphatic heterocycles.